The van der Waals surface area contributed by atoms with Gasteiger partial charge in [0.2, 0.25) is 0 Å². The number of nitro benzene ring substituents is 1. The van der Waals surface area contributed by atoms with Gasteiger partial charge in [0.25, 0.3) is 17.5 Å². The molecule has 7 nitrogen and oxygen atoms in total. The molecular formula is C22H15BrFN3O4. The fourth-order valence-electron chi connectivity index (χ4n) is 2.58. The van der Waals surface area contributed by atoms with Crippen LogP contribution in [0.3, 0.4) is 0 Å². The number of halogens is 2. The number of benzene rings is 3. The van der Waals surface area contributed by atoms with E-state index in [1.165, 1.54) is 54.6 Å². The van der Waals surface area contributed by atoms with E-state index in [1.54, 1.807) is 24.3 Å². The highest BCUT2D eigenvalue weighted by Crippen LogP contribution is 2.18. The van der Waals surface area contributed by atoms with Gasteiger partial charge in [0.1, 0.15) is 11.5 Å². The molecule has 3 aromatic carbocycles. The first-order chi connectivity index (χ1) is 14.8. The Labute approximate surface area is 184 Å². The third-order valence-corrected chi connectivity index (χ3v) is 4.82. The van der Waals surface area contributed by atoms with Crippen molar-refractivity contribution >= 4 is 45.2 Å². The number of nitrogens with zero attached hydrogens (tertiary/aromatic N) is 1. The average Bonchev–Trinajstić information content (AvgIpc) is 2.75. The molecule has 0 aromatic heterocycles. The van der Waals surface area contributed by atoms with Crippen LogP contribution in [0, 0.1) is 15.9 Å². The normalized spacial score (nSPS) is 11.0. The lowest BCUT2D eigenvalue weighted by Gasteiger charge is -2.12. The van der Waals surface area contributed by atoms with E-state index in [1.807, 2.05) is 0 Å². The Morgan fingerprint density at radius 1 is 0.968 bits per heavy atom. The zero-order chi connectivity index (χ0) is 22.4. The molecular weight excluding hydrogens is 469 g/mol. The van der Waals surface area contributed by atoms with Gasteiger partial charge in [0, 0.05) is 22.3 Å². The summed E-state index contributed by atoms with van der Waals surface area (Å²) in [5.74, 6) is -1.64. The third kappa shape index (κ3) is 5.83. The lowest BCUT2D eigenvalue weighted by Crippen LogP contribution is -2.31. The van der Waals surface area contributed by atoms with Crippen molar-refractivity contribution in [1.82, 2.24) is 5.32 Å². The first-order valence-electron chi connectivity index (χ1n) is 8.92. The van der Waals surface area contributed by atoms with Crippen LogP contribution >= 0.6 is 15.9 Å². The van der Waals surface area contributed by atoms with E-state index in [-0.39, 0.29) is 11.4 Å². The monoisotopic (exact) mass is 483 g/mol. The summed E-state index contributed by atoms with van der Waals surface area (Å²) in [4.78, 5) is 35.8. The number of hydrogen-bond donors (Lipinski definition) is 2. The molecule has 0 bridgehead atoms. The van der Waals surface area contributed by atoms with Crippen LogP contribution in [-0.2, 0) is 4.79 Å². The van der Waals surface area contributed by atoms with Crippen LogP contribution < -0.4 is 10.6 Å². The van der Waals surface area contributed by atoms with Crippen molar-refractivity contribution in [3.8, 4) is 0 Å². The van der Waals surface area contributed by atoms with Gasteiger partial charge in [0.15, 0.2) is 0 Å². The standard InChI is InChI=1S/C22H15BrFN3O4/c23-19-4-2-1-3-18(19)21(28)26-20(13-14-5-11-17(12-6-14)27(30)31)22(29)25-16-9-7-15(24)8-10-16/h1-13H,(H,25,29)(H,26,28)/b20-13+. The molecule has 2 N–H and O–H groups in total. The Bertz CT molecular complexity index is 1160. The van der Waals surface area contributed by atoms with Crippen molar-refractivity contribution in [2.24, 2.45) is 0 Å². The molecule has 3 aromatic rings. The lowest BCUT2D eigenvalue weighted by molar-refractivity contribution is -0.384. The summed E-state index contributed by atoms with van der Waals surface area (Å²) in [5, 5.41) is 16.0. The van der Waals surface area contributed by atoms with Crippen molar-refractivity contribution in [3.63, 3.8) is 0 Å². The summed E-state index contributed by atoms with van der Waals surface area (Å²) >= 11 is 3.29. The van der Waals surface area contributed by atoms with Crippen LogP contribution in [0.15, 0.2) is 83.0 Å². The van der Waals surface area contributed by atoms with E-state index in [2.05, 4.69) is 26.6 Å². The summed E-state index contributed by atoms with van der Waals surface area (Å²) < 4.78 is 13.7. The zero-order valence-electron chi connectivity index (χ0n) is 15.8. The first-order valence-corrected chi connectivity index (χ1v) is 9.72. The van der Waals surface area contributed by atoms with Crippen LogP contribution in [0.2, 0.25) is 0 Å². The molecule has 0 saturated heterocycles. The maximum atomic E-state index is 13.1. The van der Waals surface area contributed by atoms with Gasteiger partial charge in [-0.25, -0.2) is 4.39 Å². The van der Waals surface area contributed by atoms with Crippen LogP contribution in [0.5, 0.6) is 0 Å². The van der Waals surface area contributed by atoms with Gasteiger partial charge in [0.05, 0.1) is 10.5 Å². The highest BCUT2D eigenvalue weighted by molar-refractivity contribution is 9.10. The van der Waals surface area contributed by atoms with Crippen LogP contribution in [0.4, 0.5) is 15.8 Å². The number of nitro groups is 1. The summed E-state index contributed by atoms with van der Waals surface area (Å²) in [5.41, 5.74) is 0.899. The molecule has 0 fully saturated rings. The Kier molecular flexibility index (Phi) is 6.88. The number of amides is 2. The van der Waals surface area contributed by atoms with E-state index < -0.39 is 22.6 Å². The summed E-state index contributed by atoms with van der Waals surface area (Å²) in [6.45, 7) is 0. The Morgan fingerprint density at radius 3 is 2.23 bits per heavy atom. The second-order valence-corrected chi connectivity index (χ2v) is 7.16. The SMILES string of the molecule is O=C(Nc1ccc(F)cc1)/C(=C\c1ccc([N+](=O)[O-])cc1)NC(=O)c1ccccc1Br. The molecule has 9 heteroatoms. The Balaban J connectivity index is 1.91. The topological polar surface area (TPSA) is 101 Å². The molecule has 3 rings (SSSR count). The molecule has 0 spiro atoms. The van der Waals surface area contributed by atoms with Gasteiger partial charge >= 0.3 is 0 Å². The van der Waals surface area contributed by atoms with E-state index in [9.17, 15) is 24.1 Å². The maximum Gasteiger partial charge on any atom is 0.272 e. The average molecular weight is 484 g/mol. The molecule has 0 aliphatic rings. The molecule has 0 radical (unpaired) electrons. The van der Waals surface area contributed by atoms with Crippen molar-refractivity contribution in [2.45, 2.75) is 0 Å². The van der Waals surface area contributed by atoms with E-state index in [0.29, 0.717) is 21.3 Å². The first kappa shape index (κ1) is 21.8. The van der Waals surface area contributed by atoms with E-state index in [0.717, 1.165) is 0 Å². The molecule has 31 heavy (non-hydrogen) atoms. The summed E-state index contributed by atoms with van der Waals surface area (Å²) in [6, 6.07) is 17.3. The predicted octanol–water partition coefficient (Wildman–Crippen LogP) is 4.91. The second-order valence-electron chi connectivity index (χ2n) is 6.30. The smallest absolute Gasteiger partial charge is 0.272 e. The number of nitrogens with one attached hydrogen (secondary N) is 2. The molecule has 2 amide bonds. The van der Waals surface area contributed by atoms with E-state index >= 15 is 0 Å². The predicted molar refractivity (Wildman–Crippen MR) is 118 cm³/mol. The lowest BCUT2D eigenvalue weighted by atomic mass is 10.1. The molecule has 156 valence electrons. The van der Waals surface area contributed by atoms with Crippen molar-refractivity contribution < 1.29 is 18.9 Å². The molecule has 0 heterocycles. The van der Waals surface area contributed by atoms with Crippen molar-refractivity contribution in [2.75, 3.05) is 5.32 Å². The second kappa shape index (κ2) is 9.77. The highest BCUT2D eigenvalue weighted by atomic mass is 79.9. The van der Waals surface area contributed by atoms with Gasteiger partial charge < -0.3 is 10.6 Å². The Morgan fingerprint density at radius 2 is 1.61 bits per heavy atom. The summed E-state index contributed by atoms with van der Waals surface area (Å²) in [6.07, 6.45) is 1.39. The highest BCUT2D eigenvalue weighted by Gasteiger charge is 2.17. The van der Waals surface area contributed by atoms with Crippen molar-refractivity contribution in [3.05, 3.63) is 110 Å². The molecule has 0 atom stereocenters. The third-order valence-electron chi connectivity index (χ3n) is 4.13. The number of anilines is 1. The zero-order valence-corrected chi connectivity index (χ0v) is 17.4. The van der Waals surface area contributed by atoms with Gasteiger partial charge in [-0.2, -0.15) is 0 Å². The number of carbonyl (C=O) groups excluding carboxylic acids is 2. The van der Waals surface area contributed by atoms with Crippen LogP contribution in [-0.4, -0.2) is 16.7 Å². The minimum Gasteiger partial charge on any atom is -0.321 e. The molecule has 0 aliphatic carbocycles. The number of non-ortho nitro benzene ring substituents is 1. The quantitative estimate of drug-likeness (QED) is 0.295. The fraction of sp³-hybridized carbons (Fsp3) is 0. The number of carbonyl (C=O) groups is 2. The Hall–Kier alpha value is -3.85. The minimum absolute atomic E-state index is 0.0982. The maximum absolute atomic E-state index is 13.1. The summed E-state index contributed by atoms with van der Waals surface area (Å²) in [7, 11) is 0. The number of hydrogen-bond acceptors (Lipinski definition) is 4. The largest absolute Gasteiger partial charge is 0.321 e. The van der Waals surface area contributed by atoms with Crippen LogP contribution in [0.25, 0.3) is 6.08 Å². The number of rotatable bonds is 6. The van der Waals surface area contributed by atoms with Gasteiger partial charge in [-0.3, -0.25) is 19.7 Å². The molecule has 0 aliphatic heterocycles. The van der Waals surface area contributed by atoms with Crippen molar-refractivity contribution in [1.29, 1.82) is 0 Å². The molecule has 0 saturated carbocycles. The molecule has 0 unspecified atom stereocenters. The van der Waals surface area contributed by atoms with Gasteiger partial charge in [-0.15, -0.1) is 0 Å². The van der Waals surface area contributed by atoms with Crippen LogP contribution in [0.1, 0.15) is 15.9 Å². The minimum atomic E-state index is -0.648. The van der Waals surface area contributed by atoms with Gasteiger partial charge in [-0.05, 0) is 76.1 Å². The fourth-order valence-corrected chi connectivity index (χ4v) is 3.05. The van der Waals surface area contributed by atoms with E-state index in [4.69, 9.17) is 0 Å². The van der Waals surface area contributed by atoms with Gasteiger partial charge in [-0.1, -0.05) is 12.1 Å².